The number of carbonyl (C=O) groups excluding carboxylic acids is 1. The van der Waals surface area contributed by atoms with Crippen LogP contribution in [0, 0.1) is 5.82 Å². The summed E-state index contributed by atoms with van der Waals surface area (Å²) in [5, 5.41) is 0. The first-order chi connectivity index (χ1) is 10.2. The van der Waals surface area contributed by atoms with Crippen molar-refractivity contribution < 1.29 is 9.18 Å². The first-order valence-electron chi connectivity index (χ1n) is 7.30. The minimum atomic E-state index is -0.290. The molecule has 0 heterocycles. The number of benzene rings is 2. The van der Waals surface area contributed by atoms with E-state index in [2.05, 4.69) is 0 Å². The van der Waals surface area contributed by atoms with E-state index < -0.39 is 0 Å². The van der Waals surface area contributed by atoms with Crippen molar-refractivity contribution in [3.8, 4) is 0 Å². The fourth-order valence-electron chi connectivity index (χ4n) is 2.51. The van der Waals surface area contributed by atoms with Crippen molar-refractivity contribution in [2.75, 3.05) is 0 Å². The molecule has 0 N–H and O–H groups in total. The molecule has 3 heteroatoms. The van der Waals surface area contributed by atoms with Gasteiger partial charge in [-0.05, 0) is 36.1 Å². The molecule has 21 heavy (non-hydrogen) atoms. The molecule has 1 fully saturated rings. The van der Waals surface area contributed by atoms with Gasteiger partial charge in [-0.15, -0.1) is 0 Å². The normalized spacial score (nSPS) is 14.0. The van der Waals surface area contributed by atoms with E-state index in [1.54, 1.807) is 12.1 Å². The lowest BCUT2D eigenvalue weighted by atomic mass is 10.1. The first-order valence-corrected chi connectivity index (χ1v) is 7.30. The minimum Gasteiger partial charge on any atom is -0.335 e. The molecule has 0 aliphatic heterocycles. The molecule has 0 atom stereocenters. The summed E-state index contributed by atoms with van der Waals surface area (Å²) >= 11 is 0. The lowest BCUT2D eigenvalue weighted by Crippen LogP contribution is -2.33. The van der Waals surface area contributed by atoms with E-state index in [-0.39, 0.29) is 18.1 Å². The molecule has 0 bridgehead atoms. The highest BCUT2D eigenvalue weighted by atomic mass is 19.1. The molecule has 2 aromatic carbocycles. The van der Waals surface area contributed by atoms with Gasteiger partial charge in [0.2, 0.25) is 5.91 Å². The topological polar surface area (TPSA) is 20.3 Å². The molecule has 1 aliphatic rings. The fourth-order valence-corrected chi connectivity index (χ4v) is 2.51. The molecule has 0 aromatic heterocycles. The summed E-state index contributed by atoms with van der Waals surface area (Å²) in [5.74, 6) is -0.215. The predicted molar refractivity (Wildman–Crippen MR) is 80.1 cm³/mol. The van der Waals surface area contributed by atoms with Crippen molar-refractivity contribution in [2.45, 2.75) is 31.8 Å². The van der Waals surface area contributed by atoms with Gasteiger partial charge in [0.1, 0.15) is 5.82 Å². The monoisotopic (exact) mass is 283 g/mol. The largest absolute Gasteiger partial charge is 0.335 e. The van der Waals surface area contributed by atoms with E-state index in [9.17, 15) is 9.18 Å². The summed E-state index contributed by atoms with van der Waals surface area (Å²) in [6, 6.07) is 16.6. The summed E-state index contributed by atoms with van der Waals surface area (Å²) in [7, 11) is 0. The van der Waals surface area contributed by atoms with Crippen LogP contribution in [0.2, 0.25) is 0 Å². The van der Waals surface area contributed by atoms with Crippen LogP contribution in [-0.2, 0) is 17.8 Å². The van der Waals surface area contributed by atoms with Crippen molar-refractivity contribution in [1.82, 2.24) is 4.90 Å². The van der Waals surface area contributed by atoms with E-state index in [4.69, 9.17) is 0 Å². The smallest absolute Gasteiger partial charge is 0.227 e. The Bertz CT molecular complexity index is 622. The molecule has 2 nitrogen and oxygen atoms in total. The lowest BCUT2D eigenvalue weighted by molar-refractivity contribution is -0.131. The van der Waals surface area contributed by atoms with Gasteiger partial charge in [-0.3, -0.25) is 4.79 Å². The number of hydrogen-bond donors (Lipinski definition) is 0. The summed E-state index contributed by atoms with van der Waals surface area (Å²) in [6.45, 7) is 0.639. The molecule has 1 amide bonds. The zero-order valence-corrected chi connectivity index (χ0v) is 11.8. The van der Waals surface area contributed by atoms with Crippen molar-refractivity contribution >= 4 is 5.91 Å². The quantitative estimate of drug-likeness (QED) is 0.821. The molecule has 1 aliphatic carbocycles. The molecular formula is C18H18FNO. The van der Waals surface area contributed by atoms with Gasteiger partial charge >= 0.3 is 0 Å². The highest BCUT2D eigenvalue weighted by Crippen LogP contribution is 2.29. The van der Waals surface area contributed by atoms with Crippen LogP contribution in [0.3, 0.4) is 0 Å². The van der Waals surface area contributed by atoms with Crippen LogP contribution < -0.4 is 0 Å². The van der Waals surface area contributed by atoms with Gasteiger partial charge in [0.15, 0.2) is 0 Å². The second-order valence-electron chi connectivity index (χ2n) is 5.55. The van der Waals surface area contributed by atoms with Gasteiger partial charge in [0.25, 0.3) is 0 Å². The SMILES string of the molecule is O=C(Cc1cccc(F)c1)N(Cc1ccccc1)C1CC1. The Morgan fingerprint density at radius 2 is 1.76 bits per heavy atom. The number of nitrogens with zero attached hydrogens (tertiary/aromatic N) is 1. The summed E-state index contributed by atoms with van der Waals surface area (Å²) < 4.78 is 13.2. The summed E-state index contributed by atoms with van der Waals surface area (Å²) in [6.07, 6.45) is 2.41. The Balaban J connectivity index is 1.70. The van der Waals surface area contributed by atoms with E-state index in [1.165, 1.54) is 12.1 Å². The highest BCUT2D eigenvalue weighted by Gasteiger charge is 2.32. The van der Waals surface area contributed by atoms with Crippen LogP contribution in [0.25, 0.3) is 0 Å². The maximum Gasteiger partial charge on any atom is 0.227 e. The maximum absolute atomic E-state index is 13.2. The summed E-state index contributed by atoms with van der Waals surface area (Å²) in [5.41, 5.74) is 1.87. The van der Waals surface area contributed by atoms with Crippen LogP contribution in [0.15, 0.2) is 54.6 Å². The van der Waals surface area contributed by atoms with Crippen LogP contribution in [-0.4, -0.2) is 16.8 Å². The predicted octanol–water partition coefficient (Wildman–Crippen LogP) is 3.56. The highest BCUT2D eigenvalue weighted by molar-refractivity contribution is 5.79. The molecule has 0 radical (unpaired) electrons. The number of amides is 1. The molecule has 1 saturated carbocycles. The fraction of sp³-hybridized carbons (Fsp3) is 0.278. The third-order valence-electron chi connectivity index (χ3n) is 3.75. The molecular weight excluding hydrogens is 265 g/mol. The molecule has 108 valence electrons. The number of hydrogen-bond acceptors (Lipinski definition) is 1. The Morgan fingerprint density at radius 3 is 2.43 bits per heavy atom. The Kier molecular flexibility index (Phi) is 4.00. The second-order valence-corrected chi connectivity index (χ2v) is 5.55. The number of rotatable bonds is 5. The maximum atomic E-state index is 13.2. The minimum absolute atomic E-state index is 0.0759. The zero-order valence-electron chi connectivity index (χ0n) is 11.8. The van der Waals surface area contributed by atoms with E-state index in [0.29, 0.717) is 12.6 Å². The molecule has 0 unspecified atom stereocenters. The van der Waals surface area contributed by atoms with Crippen molar-refractivity contribution in [3.05, 3.63) is 71.5 Å². The van der Waals surface area contributed by atoms with Crippen LogP contribution in [0.4, 0.5) is 4.39 Å². The second kappa shape index (κ2) is 6.08. The van der Waals surface area contributed by atoms with Gasteiger partial charge < -0.3 is 4.90 Å². The van der Waals surface area contributed by atoms with E-state index in [1.807, 2.05) is 35.2 Å². The first kappa shape index (κ1) is 13.8. The zero-order chi connectivity index (χ0) is 14.7. The van der Waals surface area contributed by atoms with E-state index in [0.717, 1.165) is 24.0 Å². The number of halogens is 1. The average molecular weight is 283 g/mol. The van der Waals surface area contributed by atoms with Crippen LogP contribution >= 0.6 is 0 Å². The molecule has 2 aromatic rings. The van der Waals surface area contributed by atoms with Crippen molar-refractivity contribution in [2.24, 2.45) is 0 Å². The van der Waals surface area contributed by atoms with Gasteiger partial charge in [-0.25, -0.2) is 4.39 Å². The molecule has 0 spiro atoms. The Hall–Kier alpha value is -2.16. The lowest BCUT2D eigenvalue weighted by Gasteiger charge is -2.22. The van der Waals surface area contributed by atoms with Gasteiger partial charge in [-0.1, -0.05) is 42.5 Å². The third-order valence-corrected chi connectivity index (χ3v) is 3.75. The number of carbonyl (C=O) groups is 1. The Morgan fingerprint density at radius 1 is 1.05 bits per heavy atom. The summed E-state index contributed by atoms with van der Waals surface area (Å²) in [4.78, 5) is 14.4. The van der Waals surface area contributed by atoms with Crippen LogP contribution in [0.1, 0.15) is 24.0 Å². The molecule has 3 rings (SSSR count). The van der Waals surface area contributed by atoms with Crippen molar-refractivity contribution in [1.29, 1.82) is 0 Å². The van der Waals surface area contributed by atoms with Gasteiger partial charge in [0, 0.05) is 12.6 Å². The van der Waals surface area contributed by atoms with Crippen LogP contribution in [0.5, 0.6) is 0 Å². The van der Waals surface area contributed by atoms with E-state index >= 15 is 0 Å². The van der Waals surface area contributed by atoms with Gasteiger partial charge in [0.05, 0.1) is 6.42 Å². The molecule has 0 saturated heterocycles. The standard InChI is InChI=1S/C18H18FNO/c19-16-8-4-7-15(11-16)12-18(21)20(17-9-10-17)13-14-5-2-1-3-6-14/h1-8,11,17H,9-10,12-13H2. The third kappa shape index (κ3) is 3.69. The van der Waals surface area contributed by atoms with Gasteiger partial charge in [-0.2, -0.15) is 0 Å². The van der Waals surface area contributed by atoms with Crippen molar-refractivity contribution in [3.63, 3.8) is 0 Å². The Labute approximate surface area is 124 Å². The average Bonchev–Trinajstić information content (AvgIpc) is 3.30.